The Hall–Kier alpha value is -1.73. The minimum absolute atomic E-state index is 0.0469. The monoisotopic (exact) mass is 382 g/mol. The third-order valence-electron chi connectivity index (χ3n) is 5.44. The lowest BCUT2D eigenvalue weighted by Gasteiger charge is -2.39. The van der Waals surface area contributed by atoms with Gasteiger partial charge in [0.05, 0.1) is 5.92 Å². The second-order valence-corrected chi connectivity index (χ2v) is 8.43. The molecule has 152 valence electrons. The van der Waals surface area contributed by atoms with E-state index in [2.05, 4.69) is 6.58 Å². The number of hydrogen-bond donors (Lipinski definition) is 2. The quantitative estimate of drug-likeness (QED) is 0.563. The molecule has 27 heavy (non-hydrogen) atoms. The van der Waals surface area contributed by atoms with E-state index in [4.69, 9.17) is 9.47 Å². The molecule has 2 rings (SSSR count). The average Bonchev–Trinajstić information content (AvgIpc) is 2.84. The molecule has 7 nitrogen and oxygen atoms in total. The van der Waals surface area contributed by atoms with Crippen molar-refractivity contribution in [2.24, 2.45) is 17.8 Å². The Kier molecular flexibility index (Phi) is 6.47. The van der Waals surface area contributed by atoms with Gasteiger partial charge in [-0.3, -0.25) is 9.59 Å². The summed E-state index contributed by atoms with van der Waals surface area (Å²) < 4.78 is 10.9. The molecule has 1 aliphatic heterocycles. The number of fused-ring (bicyclic) bond motifs is 1. The number of Topliss-reactive ketones (excluding diaryl/α,β-unsaturated/α-hetero) is 1. The van der Waals surface area contributed by atoms with Crippen molar-refractivity contribution in [2.45, 2.75) is 77.3 Å². The van der Waals surface area contributed by atoms with E-state index in [9.17, 15) is 24.6 Å². The SMILES string of the molecule is C=C1C(=O)OC2C1C(O)C(=O)C(C)CCCC(C)(O)C2OC(=O)CC(C)C. The Balaban J connectivity index is 2.43. The minimum atomic E-state index is -1.51. The highest BCUT2D eigenvalue weighted by molar-refractivity contribution is 5.94. The Morgan fingerprint density at radius 3 is 2.63 bits per heavy atom. The topological polar surface area (TPSA) is 110 Å². The molecule has 1 saturated carbocycles. The first kappa shape index (κ1) is 21.6. The molecule has 6 unspecified atom stereocenters. The summed E-state index contributed by atoms with van der Waals surface area (Å²) >= 11 is 0. The average molecular weight is 382 g/mol. The predicted octanol–water partition coefficient (Wildman–Crippen LogP) is 1.54. The molecule has 0 radical (unpaired) electrons. The molecule has 2 fully saturated rings. The summed E-state index contributed by atoms with van der Waals surface area (Å²) in [6.45, 7) is 10.6. The molecule has 1 aliphatic carbocycles. The third kappa shape index (κ3) is 4.58. The van der Waals surface area contributed by atoms with Gasteiger partial charge in [0, 0.05) is 17.9 Å². The van der Waals surface area contributed by atoms with Gasteiger partial charge in [0.1, 0.15) is 11.7 Å². The third-order valence-corrected chi connectivity index (χ3v) is 5.44. The molecule has 2 N–H and O–H groups in total. The van der Waals surface area contributed by atoms with Gasteiger partial charge >= 0.3 is 11.9 Å². The van der Waals surface area contributed by atoms with Crippen molar-refractivity contribution in [3.8, 4) is 0 Å². The number of esters is 2. The Morgan fingerprint density at radius 2 is 2.04 bits per heavy atom. The van der Waals surface area contributed by atoms with Crippen LogP contribution >= 0.6 is 0 Å². The van der Waals surface area contributed by atoms with Crippen LogP contribution in [0.2, 0.25) is 0 Å². The minimum Gasteiger partial charge on any atom is -0.455 e. The summed E-state index contributed by atoms with van der Waals surface area (Å²) in [7, 11) is 0. The van der Waals surface area contributed by atoms with Gasteiger partial charge < -0.3 is 19.7 Å². The van der Waals surface area contributed by atoms with E-state index >= 15 is 0 Å². The molecule has 0 spiro atoms. The van der Waals surface area contributed by atoms with Crippen LogP contribution in [-0.2, 0) is 23.9 Å². The predicted molar refractivity (Wildman–Crippen MR) is 96.5 cm³/mol. The summed E-state index contributed by atoms with van der Waals surface area (Å²) in [6.07, 6.45) is -2.52. The van der Waals surface area contributed by atoms with Crippen molar-refractivity contribution in [2.75, 3.05) is 0 Å². The zero-order valence-corrected chi connectivity index (χ0v) is 16.4. The number of carbonyl (C=O) groups excluding carboxylic acids is 3. The van der Waals surface area contributed by atoms with E-state index in [1.807, 2.05) is 13.8 Å². The van der Waals surface area contributed by atoms with Gasteiger partial charge in [-0.2, -0.15) is 0 Å². The highest BCUT2D eigenvalue weighted by Gasteiger charge is 2.55. The first-order chi connectivity index (χ1) is 12.5. The van der Waals surface area contributed by atoms with Gasteiger partial charge in [0.15, 0.2) is 18.0 Å². The molecule has 0 aromatic heterocycles. The van der Waals surface area contributed by atoms with E-state index in [0.717, 1.165) is 0 Å². The summed E-state index contributed by atoms with van der Waals surface area (Å²) in [5.74, 6) is -3.14. The maximum atomic E-state index is 12.6. The van der Waals surface area contributed by atoms with Crippen molar-refractivity contribution in [3.63, 3.8) is 0 Å². The Labute approximate surface area is 159 Å². The zero-order chi connectivity index (χ0) is 20.5. The van der Waals surface area contributed by atoms with Crippen molar-refractivity contribution in [1.82, 2.24) is 0 Å². The molecule has 1 saturated heterocycles. The lowest BCUT2D eigenvalue weighted by atomic mass is 9.76. The molecule has 2 aliphatic rings. The summed E-state index contributed by atoms with van der Waals surface area (Å²) in [6, 6.07) is 0. The van der Waals surface area contributed by atoms with E-state index < -0.39 is 53.5 Å². The standard InChI is InChI=1S/C20H30O7/c1-10(2)9-13(21)26-18-17-14(12(4)19(24)27-17)16(23)15(22)11(3)7-6-8-20(18,5)25/h10-11,14,16-18,23,25H,4,6-9H2,1-3,5H3. The van der Waals surface area contributed by atoms with E-state index in [1.54, 1.807) is 6.92 Å². The molecule has 0 aromatic carbocycles. The summed E-state index contributed by atoms with van der Waals surface area (Å²) in [5, 5.41) is 21.7. The second kappa shape index (κ2) is 8.10. The molecule has 0 aromatic rings. The van der Waals surface area contributed by atoms with Crippen molar-refractivity contribution < 1.29 is 34.1 Å². The number of ketones is 1. The molecular formula is C20H30O7. The van der Waals surface area contributed by atoms with Gasteiger partial charge in [0.2, 0.25) is 0 Å². The molecule has 7 heteroatoms. The van der Waals surface area contributed by atoms with Gasteiger partial charge in [0.25, 0.3) is 0 Å². The first-order valence-electron chi connectivity index (χ1n) is 9.49. The van der Waals surface area contributed by atoms with E-state index in [1.165, 1.54) is 6.92 Å². The van der Waals surface area contributed by atoms with E-state index in [-0.39, 0.29) is 24.3 Å². The molecule has 6 atom stereocenters. The largest absolute Gasteiger partial charge is 0.455 e. The normalized spacial score (nSPS) is 37.7. The van der Waals surface area contributed by atoms with Crippen LogP contribution in [0, 0.1) is 17.8 Å². The van der Waals surface area contributed by atoms with Crippen LogP contribution in [0.3, 0.4) is 0 Å². The fourth-order valence-electron chi connectivity index (χ4n) is 3.82. The fraction of sp³-hybridized carbons (Fsp3) is 0.750. The van der Waals surface area contributed by atoms with Crippen molar-refractivity contribution >= 4 is 17.7 Å². The van der Waals surface area contributed by atoms with Crippen molar-refractivity contribution in [1.29, 1.82) is 0 Å². The number of rotatable bonds is 3. The molecule has 0 bridgehead atoms. The Morgan fingerprint density at radius 1 is 1.41 bits per heavy atom. The van der Waals surface area contributed by atoms with Crippen LogP contribution in [0.1, 0.15) is 53.4 Å². The second-order valence-electron chi connectivity index (χ2n) is 8.43. The zero-order valence-electron chi connectivity index (χ0n) is 16.4. The molecule has 1 heterocycles. The lowest BCUT2D eigenvalue weighted by Crippen LogP contribution is -2.55. The summed E-state index contributed by atoms with van der Waals surface area (Å²) in [5.41, 5.74) is -1.53. The molecule has 0 amide bonds. The highest BCUT2D eigenvalue weighted by atomic mass is 16.6. The van der Waals surface area contributed by atoms with E-state index in [0.29, 0.717) is 12.8 Å². The van der Waals surface area contributed by atoms with Crippen molar-refractivity contribution in [3.05, 3.63) is 12.2 Å². The number of hydrogen-bond acceptors (Lipinski definition) is 7. The summed E-state index contributed by atoms with van der Waals surface area (Å²) in [4.78, 5) is 37.0. The molecular weight excluding hydrogens is 352 g/mol. The van der Waals surface area contributed by atoms with Crippen LogP contribution in [0.4, 0.5) is 0 Å². The highest BCUT2D eigenvalue weighted by Crippen LogP contribution is 2.40. The smallest absolute Gasteiger partial charge is 0.334 e. The van der Waals surface area contributed by atoms with Crippen LogP contribution in [-0.4, -0.2) is 51.8 Å². The van der Waals surface area contributed by atoms with Crippen LogP contribution in [0.25, 0.3) is 0 Å². The van der Waals surface area contributed by atoms with Gasteiger partial charge in [-0.25, -0.2) is 4.79 Å². The maximum Gasteiger partial charge on any atom is 0.334 e. The Bertz CT molecular complexity index is 622. The van der Waals surface area contributed by atoms with Crippen LogP contribution < -0.4 is 0 Å². The first-order valence-corrected chi connectivity index (χ1v) is 9.49. The number of carbonyl (C=O) groups is 3. The van der Waals surface area contributed by atoms with Gasteiger partial charge in [-0.1, -0.05) is 27.4 Å². The van der Waals surface area contributed by atoms with Gasteiger partial charge in [-0.15, -0.1) is 0 Å². The maximum absolute atomic E-state index is 12.6. The number of aliphatic hydroxyl groups is 2. The fourth-order valence-corrected chi connectivity index (χ4v) is 3.82. The van der Waals surface area contributed by atoms with Crippen LogP contribution in [0.15, 0.2) is 12.2 Å². The number of ether oxygens (including phenoxy) is 2. The van der Waals surface area contributed by atoms with Crippen LogP contribution in [0.5, 0.6) is 0 Å². The number of aliphatic hydroxyl groups excluding tert-OH is 1. The lowest BCUT2D eigenvalue weighted by molar-refractivity contribution is -0.191. The van der Waals surface area contributed by atoms with Gasteiger partial charge in [-0.05, 0) is 32.1 Å².